The minimum absolute atomic E-state index is 0.176. The number of carbonyl (C=O) groups excluding carboxylic acids is 1. The second-order valence-corrected chi connectivity index (χ2v) is 2.54. The Balaban J connectivity index is 3.20. The molecule has 0 N–H and O–H groups in total. The van der Waals surface area contributed by atoms with Gasteiger partial charge in [0.15, 0.2) is 13.0 Å². The lowest BCUT2D eigenvalue weighted by molar-refractivity contribution is -0.0285. The Hall–Kier alpha value is -1.32. The zero-order valence-corrected chi connectivity index (χ0v) is 6.64. The molecule has 4 heteroatoms. The van der Waals surface area contributed by atoms with Gasteiger partial charge in [-0.15, -0.1) is 0 Å². The molecule has 1 aromatic carbocycles. The van der Waals surface area contributed by atoms with Crippen molar-refractivity contribution in [2.24, 2.45) is 0 Å². The highest BCUT2D eigenvalue weighted by Gasteiger charge is 2.33. The lowest BCUT2D eigenvalue weighted by Gasteiger charge is -2.13. The Kier molecular flexibility index (Phi) is 2.70. The fraction of sp³-hybridized carbons (Fsp3) is 0.222. The summed E-state index contributed by atoms with van der Waals surface area (Å²) in [5.41, 5.74) is -0.738. The standard InChI is InChI=1S/C9H7F3O/c10-6-9(11,12)8-4-2-1-3-7(8)5-13/h1-5H,6H2. The van der Waals surface area contributed by atoms with E-state index in [4.69, 9.17) is 0 Å². The summed E-state index contributed by atoms with van der Waals surface area (Å²) in [6, 6.07) is 5.06. The number of halogens is 3. The van der Waals surface area contributed by atoms with Gasteiger partial charge in [-0.1, -0.05) is 24.3 Å². The summed E-state index contributed by atoms with van der Waals surface area (Å²) >= 11 is 0. The van der Waals surface area contributed by atoms with Crippen molar-refractivity contribution in [3.05, 3.63) is 35.4 Å². The monoisotopic (exact) mass is 188 g/mol. The summed E-state index contributed by atoms with van der Waals surface area (Å²) < 4.78 is 37.5. The molecule has 0 bridgehead atoms. The fourth-order valence-electron chi connectivity index (χ4n) is 1.00. The Labute approximate surface area is 73.2 Å². The van der Waals surface area contributed by atoms with E-state index in [-0.39, 0.29) is 5.56 Å². The SMILES string of the molecule is O=Cc1ccccc1C(F)(F)CF. The second-order valence-electron chi connectivity index (χ2n) is 2.54. The molecule has 1 aromatic rings. The molecule has 0 fully saturated rings. The first-order valence-corrected chi connectivity index (χ1v) is 3.60. The van der Waals surface area contributed by atoms with Crippen LogP contribution in [0.5, 0.6) is 0 Å². The fourth-order valence-corrected chi connectivity index (χ4v) is 1.00. The van der Waals surface area contributed by atoms with Crippen molar-refractivity contribution in [1.29, 1.82) is 0 Å². The molecule has 0 heterocycles. The molecule has 1 rings (SSSR count). The predicted molar refractivity (Wildman–Crippen MR) is 41.7 cm³/mol. The topological polar surface area (TPSA) is 17.1 Å². The Bertz CT molecular complexity index is 309. The van der Waals surface area contributed by atoms with Crippen LogP contribution in [0.3, 0.4) is 0 Å². The van der Waals surface area contributed by atoms with Crippen LogP contribution in [0, 0.1) is 0 Å². The smallest absolute Gasteiger partial charge is 0.298 e. The van der Waals surface area contributed by atoms with Crippen molar-refractivity contribution < 1.29 is 18.0 Å². The molecule has 70 valence electrons. The molecule has 1 nitrogen and oxygen atoms in total. The summed E-state index contributed by atoms with van der Waals surface area (Å²) in [6.07, 6.45) is 0.291. The number of aldehydes is 1. The van der Waals surface area contributed by atoms with Gasteiger partial charge < -0.3 is 0 Å². The van der Waals surface area contributed by atoms with Crippen molar-refractivity contribution in [3.63, 3.8) is 0 Å². The highest BCUT2D eigenvalue weighted by molar-refractivity contribution is 5.77. The van der Waals surface area contributed by atoms with E-state index in [0.29, 0.717) is 6.29 Å². The molecule has 0 saturated heterocycles. The summed E-state index contributed by atoms with van der Waals surface area (Å²) in [5, 5.41) is 0. The molecule has 13 heavy (non-hydrogen) atoms. The van der Waals surface area contributed by atoms with Crippen LogP contribution in [0.1, 0.15) is 15.9 Å². The first kappa shape index (κ1) is 9.77. The molecule has 0 aliphatic carbocycles. The van der Waals surface area contributed by atoms with Crippen LogP contribution in [0.2, 0.25) is 0 Å². The quantitative estimate of drug-likeness (QED) is 0.666. The molecule has 0 amide bonds. The van der Waals surface area contributed by atoms with Crippen LogP contribution in [0.15, 0.2) is 24.3 Å². The normalized spacial score (nSPS) is 11.3. The van der Waals surface area contributed by atoms with E-state index in [1.807, 2.05) is 0 Å². The van der Waals surface area contributed by atoms with Crippen LogP contribution in [0.4, 0.5) is 13.2 Å². The highest BCUT2D eigenvalue weighted by atomic mass is 19.3. The first-order chi connectivity index (χ1) is 6.11. The minimum Gasteiger partial charge on any atom is -0.298 e. The third-order valence-electron chi connectivity index (χ3n) is 1.65. The van der Waals surface area contributed by atoms with E-state index in [1.165, 1.54) is 18.2 Å². The maximum atomic E-state index is 12.8. The van der Waals surface area contributed by atoms with Crippen molar-refractivity contribution in [2.75, 3.05) is 6.67 Å². The zero-order chi connectivity index (χ0) is 9.90. The summed E-state index contributed by atoms with van der Waals surface area (Å²) in [6.45, 7) is -1.79. The molecule has 0 radical (unpaired) electrons. The van der Waals surface area contributed by atoms with Crippen molar-refractivity contribution >= 4 is 6.29 Å². The maximum absolute atomic E-state index is 12.8. The van der Waals surface area contributed by atoms with E-state index in [9.17, 15) is 18.0 Å². The molecule has 0 aliphatic rings. The molecular weight excluding hydrogens is 181 g/mol. The first-order valence-electron chi connectivity index (χ1n) is 3.60. The van der Waals surface area contributed by atoms with Gasteiger partial charge in [0.05, 0.1) is 0 Å². The van der Waals surface area contributed by atoms with Gasteiger partial charge in [-0.2, -0.15) is 8.78 Å². The van der Waals surface area contributed by atoms with Gasteiger partial charge in [-0.3, -0.25) is 4.79 Å². The second kappa shape index (κ2) is 3.60. The summed E-state index contributed by atoms with van der Waals surface area (Å²) in [5.74, 6) is -3.57. The van der Waals surface area contributed by atoms with Gasteiger partial charge in [0.1, 0.15) is 0 Å². The van der Waals surface area contributed by atoms with E-state index < -0.39 is 18.2 Å². The van der Waals surface area contributed by atoms with Crippen molar-refractivity contribution in [3.8, 4) is 0 Å². The minimum atomic E-state index is -3.57. The highest BCUT2D eigenvalue weighted by Crippen LogP contribution is 2.30. The lowest BCUT2D eigenvalue weighted by atomic mass is 10.0. The number of hydrogen-bond acceptors (Lipinski definition) is 1. The van der Waals surface area contributed by atoms with E-state index in [0.717, 1.165) is 6.07 Å². The number of rotatable bonds is 3. The largest absolute Gasteiger partial charge is 0.301 e. The summed E-state index contributed by atoms with van der Waals surface area (Å²) in [4.78, 5) is 10.3. The molecule has 0 unspecified atom stereocenters. The van der Waals surface area contributed by atoms with Gasteiger partial charge in [0.2, 0.25) is 0 Å². The van der Waals surface area contributed by atoms with Crippen LogP contribution in [-0.2, 0) is 5.92 Å². The van der Waals surface area contributed by atoms with Crippen molar-refractivity contribution in [2.45, 2.75) is 5.92 Å². The van der Waals surface area contributed by atoms with E-state index in [1.54, 1.807) is 0 Å². The number of alkyl halides is 3. The van der Waals surface area contributed by atoms with Gasteiger partial charge >= 0.3 is 5.92 Å². The molecule has 0 aromatic heterocycles. The summed E-state index contributed by atoms with van der Waals surface area (Å²) in [7, 11) is 0. The third kappa shape index (κ3) is 1.88. The molecule has 0 aliphatic heterocycles. The predicted octanol–water partition coefficient (Wildman–Crippen LogP) is 2.56. The van der Waals surface area contributed by atoms with Gasteiger partial charge in [0, 0.05) is 11.1 Å². The van der Waals surface area contributed by atoms with Crippen molar-refractivity contribution in [1.82, 2.24) is 0 Å². The number of benzene rings is 1. The molecule has 0 atom stereocenters. The molecular formula is C9H7F3O. The molecule has 0 spiro atoms. The number of hydrogen-bond donors (Lipinski definition) is 0. The average molecular weight is 188 g/mol. The van der Waals surface area contributed by atoms with Gasteiger partial charge in [0.25, 0.3) is 0 Å². The van der Waals surface area contributed by atoms with Crippen LogP contribution < -0.4 is 0 Å². The van der Waals surface area contributed by atoms with E-state index >= 15 is 0 Å². The Morgan fingerprint density at radius 2 is 1.92 bits per heavy atom. The van der Waals surface area contributed by atoms with Gasteiger partial charge in [-0.25, -0.2) is 4.39 Å². The van der Waals surface area contributed by atoms with Crippen LogP contribution >= 0.6 is 0 Å². The Morgan fingerprint density at radius 1 is 1.31 bits per heavy atom. The molecule has 0 saturated carbocycles. The van der Waals surface area contributed by atoms with Gasteiger partial charge in [-0.05, 0) is 0 Å². The third-order valence-corrected chi connectivity index (χ3v) is 1.65. The van der Waals surface area contributed by atoms with E-state index in [2.05, 4.69) is 0 Å². The maximum Gasteiger partial charge on any atom is 0.301 e. The van der Waals surface area contributed by atoms with Crippen LogP contribution in [0.25, 0.3) is 0 Å². The van der Waals surface area contributed by atoms with Crippen LogP contribution in [-0.4, -0.2) is 13.0 Å². The zero-order valence-electron chi connectivity index (χ0n) is 6.64. The number of carbonyl (C=O) groups is 1. The lowest BCUT2D eigenvalue weighted by Crippen LogP contribution is -2.17. The average Bonchev–Trinajstić information content (AvgIpc) is 2.18. The Morgan fingerprint density at radius 3 is 2.46 bits per heavy atom.